The lowest BCUT2D eigenvalue weighted by atomic mass is 9.84. The topological polar surface area (TPSA) is 17.1 Å². The molecule has 0 saturated heterocycles. The summed E-state index contributed by atoms with van der Waals surface area (Å²) >= 11 is 0. The van der Waals surface area contributed by atoms with Crippen molar-refractivity contribution in [3.8, 4) is 0 Å². The first kappa shape index (κ1) is 9.76. The van der Waals surface area contributed by atoms with Crippen LogP contribution in [0.4, 0.5) is 0 Å². The van der Waals surface area contributed by atoms with Gasteiger partial charge < -0.3 is 0 Å². The lowest BCUT2D eigenvalue weighted by Gasteiger charge is -2.20. The Hall–Kier alpha value is -0.330. The van der Waals surface area contributed by atoms with Gasteiger partial charge in [-0.1, -0.05) is 33.1 Å². The smallest absolute Gasteiger partial charge is 0.139 e. The van der Waals surface area contributed by atoms with Crippen molar-refractivity contribution in [1.29, 1.82) is 0 Å². The van der Waals surface area contributed by atoms with E-state index in [1.54, 1.807) is 0 Å². The van der Waals surface area contributed by atoms with Crippen LogP contribution in [0.25, 0.3) is 0 Å². The second-order valence-electron chi connectivity index (χ2n) is 4.12. The van der Waals surface area contributed by atoms with Crippen LogP contribution in [-0.4, -0.2) is 5.78 Å². The molecule has 12 heavy (non-hydrogen) atoms. The Kier molecular flexibility index (Phi) is 3.77. The van der Waals surface area contributed by atoms with Crippen molar-refractivity contribution < 1.29 is 4.79 Å². The second kappa shape index (κ2) is 4.64. The molecule has 0 aromatic rings. The molecule has 1 rings (SSSR count). The predicted octanol–water partition coefficient (Wildman–Crippen LogP) is 3.00. The highest BCUT2D eigenvalue weighted by Gasteiger charge is 2.18. The third kappa shape index (κ3) is 2.96. The van der Waals surface area contributed by atoms with Gasteiger partial charge in [0.25, 0.3) is 0 Å². The first-order valence-corrected chi connectivity index (χ1v) is 5.09. The molecule has 1 heteroatoms. The monoisotopic (exact) mass is 167 g/mol. The third-order valence-electron chi connectivity index (χ3n) is 2.62. The molecule has 0 aliphatic heterocycles. The van der Waals surface area contributed by atoms with Gasteiger partial charge in [0.15, 0.2) is 0 Å². The fourth-order valence-corrected chi connectivity index (χ4v) is 1.73. The zero-order chi connectivity index (χ0) is 8.97. The van der Waals surface area contributed by atoms with Crippen molar-refractivity contribution in [2.45, 2.75) is 46.0 Å². The average molecular weight is 167 g/mol. The second-order valence-corrected chi connectivity index (χ2v) is 4.12. The number of hydrogen-bond donors (Lipinski definition) is 0. The van der Waals surface area contributed by atoms with Crippen LogP contribution in [0.5, 0.6) is 0 Å². The SMILES string of the molecule is CC(C)C(=O)[CH]C1CCCCC1. The molecule has 0 spiro atoms. The summed E-state index contributed by atoms with van der Waals surface area (Å²) in [7, 11) is 0. The number of carbonyl (C=O) groups excluding carboxylic acids is 1. The van der Waals surface area contributed by atoms with E-state index >= 15 is 0 Å². The Bertz CT molecular complexity index is 143. The molecular formula is C11H19O. The van der Waals surface area contributed by atoms with E-state index in [1.165, 1.54) is 32.1 Å². The van der Waals surface area contributed by atoms with Crippen LogP contribution in [0.2, 0.25) is 0 Å². The highest BCUT2D eigenvalue weighted by Crippen LogP contribution is 2.26. The Morgan fingerprint density at radius 2 is 1.83 bits per heavy atom. The number of carbonyl (C=O) groups is 1. The van der Waals surface area contributed by atoms with E-state index in [0.29, 0.717) is 11.7 Å². The van der Waals surface area contributed by atoms with Gasteiger partial charge in [-0.05, 0) is 18.8 Å². The highest BCUT2D eigenvalue weighted by molar-refractivity contribution is 5.88. The normalized spacial score (nSPS) is 19.9. The summed E-state index contributed by atoms with van der Waals surface area (Å²) in [6, 6.07) is 0. The zero-order valence-electron chi connectivity index (χ0n) is 8.18. The van der Waals surface area contributed by atoms with Crippen LogP contribution in [0, 0.1) is 18.3 Å². The molecular weight excluding hydrogens is 148 g/mol. The molecule has 0 bridgehead atoms. The Morgan fingerprint density at radius 3 is 2.33 bits per heavy atom. The number of rotatable bonds is 3. The minimum Gasteiger partial charge on any atom is -0.299 e. The van der Waals surface area contributed by atoms with Gasteiger partial charge in [-0.3, -0.25) is 4.79 Å². The van der Waals surface area contributed by atoms with Crippen LogP contribution in [0.15, 0.2) is 0 Å². The molecule has 1 radical (unpaired) electrons. The molecule has 0 aromatic carbocycles. The van der Waals surface area contributed by atoms with Crippen molar-refractivity contribution in [2.75, 3.05) is 0 Å². The van der Waals surface area contributed by atoms with Crippen molar-refractivity contribution in [2.24, 2.45) is 11.8 Å². The number of Topliss-reactive ketones (excluding diaryl/α,β-unsaturated/α-hetero) is 1. The van der Waals surface area contributed by atoms with Gasteiger partial charge in [-0.15, -0.1) is 0 Å². The van der Waals surface area contributed by atoms with Crippen LogP contribution in [0.3, 0.4) is 0 Å². The van der Waals surface area contributed by atoms with Crippen molar-refractivity contribution in [3.63, 3.8) is 0 Å². The first-order valence-electron chi connectivity index (χ1n) is 5.09. The molecule has 0 heterocycles. The Balaban J connectivity index is 2.24. The highest BCUT2D eigenvalue weighted by atomic mass is 16.1. The molecule has 1 aliphatic carbocycles. The third-order valence-corrected chi connectivity index (χ3v) is 2.62. The number of ketones is 1. The predicted molar refractivity (Wildman–Crippen MR) is 50.7 cm³/mol. The largest absolute Gasteiger partial charge is 0.299 e. The van der Waals surface area contributed by atoms with Crippen molar-refractivity contribution in [3.05, 3.63) is 6.42 Å². The molecule has 0 atom stereocenters. The standard InChI is InChI=1S/C11H19O/c1-9(2)11(12)8-10-6-4-3-5-7-10/h8-10H,3-7H2,1-2H3. The maximum Gasteiger partial charge on any atom is 0.139 e. The summed E-state index contributed by atoms with van der Waals surface area (Å²) in [4.78, 5) is 11.4. The van der Waals surface area contributed by atoms with E-state index < -0.39 is 0 Å². The summed E-state index contributed by atoms with van der Waals surface area (Å²) in [5, 5.41) is 0. The quantitative estimate of drug-likeness (QED) is 0.631. The lowest BCUT2D eigenvalue weighted by molar-refractivity contribution is -0.119. The Morgan fingerprint density at radius 1 is 1.25 bits per heavy atom. The van der Waals surface area contributed by atoms with Gasteiger partial charge in [0.2, 0.25) is 0 Å². The molecule has 1 nitrogen and oxygen atoms in total. The van der Waals surface area contributed by atoms with Crippen molar-refractivity contribution in [1.82, 2.24) is 0 Å². The maximum absolute atomic E-state index is 11.4. The fraction of sp³-hybridized carbons (Fsp3) is 0.818. The molecule has 1 saturated carbocycles. The molecule has 0 unspecified atom stereocenters. The van der Waals surface area contributed by atoms with Gasteiger partial charge >= 0.3 is 0 Å². The molecule has 0 N–H and O–H groups in total. The summed E-state index contributed by atoms with van der Waals surface area (Å²) in [5.74, 6) is 1.11. The summed E-state index contributed by atoms with van der Waals surface area (Å²) in [5.41, 5.74) is 0. The van der Waals surface area contributed by atoms with E-state index in [4.69, 9.17) is 0 Å². The minimum absolute atomic E-state index is 0.187. The van der Waals surface area contributed by atoms with Crippen molar-refractivity contribution >= 4 is 5.78 Å². The molecule has 0 amide bonds. The minimum atomic E-state index is 0.187. The number of hydrogen-bond acceptors (Lipinski definition) is 1. The Labute approximate surface area is 75.5 Å². The van der Waals surface area contributed by atoms with Gasteiger partial charge in [-0.25, -0.2) is 0 Å². The van der Waals surface area contributed by atoms with E-state index in [9.17, 15) is 4.79 Å². The van der Waals surface area contributed by atoms with E-state index in [2.05, 4.69) is 0 Å². The zero-order valence-corrected chi connectivity index (χ0v) is 8.18. The van der Waals surface area contributed by atoms with Gasteiger partial charge in [0.05, 0.1) is 0 Å². The first-order chi connectivity index (χ1) is 5.70. The van der Waals surface area contributed by atoms with E-state index in [-0.39, 0.29) is 5.92 Å². The van der Waals surface area contributed by atoms with E-state index in [0.717, 1.165) is 0 Å². The van der Waals surface area contributed by atoms with Gasteiger partial charge in [0, 0.05) is 12.3 Å². The van der Waals surface area contributed by atoms with Crippen LogP contribution < -0.4 is 0 Å². The summed E-state index contributed by atoms with van der Waals surface area (Å²) in [6.45, 7) is 3.95. The summed E-state index contributed by atoms with van der Waals surface area (Å²) < 4.78 is 0. The van der Waals surface area contributed by atoms with Crippen LogP contribution in [-0.2, 0) is 4.79 Å². The van der Waals surface area contributed by atoms with Gasteiger partial charge in [-0.2, -0.15) is 0 Å². The maximum atomic E-state index is 11.4. The molecule has 1 fully saturated rings. The van der Waals surface area contributed by atoms with Crippen LogP contribution in [0.1, 0.15) is 46.0 Å². The van der Waals surface area contributed by atoms with E-state index in [1.807, 2.05) is 20.3 Å². The molecule has 1 aliphatic rings. The van der Waals surface area contributed by atoms with Gasteiger partial charge in [0.1, 0.15) is 5.78 Å². The lowest BCUT2D eigenvalue weighted by Crippen LogP contribution is -2.16. The molecule has 69 valence electrons. The molecule has 0 aromatic heterocycles. The average Bonchev–Trinajstić information content (AvgIpc) is 2.06. The fourth-order valence-electron chi connectivity index (χ4n) is 1.73. The summed E-state index contributed by atoms with van der Waals surface area (Å²) in [6.07, 6.45) is 8.42. The van der Waals surface area contributed by atoms with Crippen LogP contribution >= 0.6 is 0 Å².